The number of nitrogens with zero attached hydrogens (tertiary/aromatic N) is 1. The van der Waals surface area contributed by atoms with Crippen molar-refractivity contribution in [3.8, 4) is 11.5 Å². The number of hydrogen-bond acceptors (Lipinski definition) is 5. The maximum Gasteiger partial charge on any atom is 0.411 e. The van der Waals surface area contributed by atoms with Crippen LogP contribution in [0, 0.1) is 5.92 Å². The fourth-order valence-electron chi connectivity index (χ4n) is 4.06. The molecule has 0 saturated carbocycles. The minimum atomic E-state index is -0.488. The van der Waals surface area contributed by atoms with Gasteiger partial charge in [0.15, 0.2) is 0 Å². The van der Waals surface area contributed by atoms with Crippen molar-refractivity contribution >= 4 is 23.4 Å². The molecule has 2 unspecified atom stereocenters. The lowest BCUT2D eigenvalue weighted by molar-refractivity contribution is 0.0261. The molecule has 2 heterocycles. The first-order chi connectivity index (χ1) is 12.6. The van der Waals surface area contributed by atoms with Crippen molar-refractivity contribution in [1.29, 1.82) is 0 Å². The van der Waals surface area contributed by atoms with E-state index < -0.39 is 6.09 Å². The Morgan fingerprint density at radius 3 is 2.69 bits per heavy atom. The van der Waals surface area contributed by atoms with Crippen molar-refractivity contribution in [2.45, 2.75) is 38.1 Å². The van der Waals surface area contributed by atoms with Crippen molar-refractivity contribution in [1.82, 2.24) is 4.90 Å². The van der Waals surface area contributed by atoms with E-state index in [9.17, 15) is 4.79 Å². The molecule has 6 nitrogen and oxygen atoms in total. The Kier molecular flexibility index (Phi) is 6.48. The smallest absolute Gasteiger partial charge is 0.411 e. The van der Waals surface area contributed by atoms with Crippen LogP contribution in [0.1, 0.15) is 32.1 Å². The van der Waals surface area contributed by atoms with Crippen LogP contribution in [0.5, 0.6) is 11.5 Å². The van der Waals surface area contributed by atoms with Gasteiger partial charge in [0.2, 0.25) is 0 Å². The van der Waals surface area contributed by atoms with Crippen LogP contribution in [0.15, 0.2) is 12.1 Å². The van der Waals surface area contributed by atoms with Gasteiger partial charge in [0.05, 0.1) is 31.5 Å². The third kappa shape index (κ3) is 4.35. The molecule has 2 saturated heterocycles. The zero-order chi connectivity index (χ0) is 18.5. The fraction of sp³-hybridized carbons (Fsp3) is 0.632. The summed E-state index contributed by atoms with van der Waals surface area (Å²) in [6.07, 6.45) is 5.56. The van der Waals surface area contributed by atoms with Gasteiger partial charge in [0.1, 0.15) is 11.5 Å². The minimum absolute atomic E-state index is 0.397. The van der Waals surface area contributed by atoms with Crippen LogP contribution in [0.3, 0.4) is 0 Å². The minimum Gasteiger partial charge on any atom is -0.495 e. The Morgan fingerprint density at radius 1 is 1.15 bits per heavy atom. The van der Waals surface area contributed by atoms with Gasteiger partial charge in [-0.3, -0.25) is 10.2 Å². The predicted molar refractivity (Wildman–Crippen MR) is 101 cm³/mol. The molecule has 2 atom stereocenters. The molecular weight excluding hydrogens is 356 g/mol. The van der Waals surface area contributed by atoms with Crippen LogP contribution in [-0.2, 0) is 4.74 Å². The van der Waals surface area contributed by atoms with Gasteiger partial charge >= 0.3 is 6.09 Å². The van der Waals surface area contributed by atoms with E-state index in [1.807, 2.05) is 0 Å². The van der Waals surface area contributed by atoms with Crippen LogP contribution < -0.4 is 14.8 Å². The first-order valence-corrected chi connectivity index (χ1v) is 9.59. The predicted octanol–water partition coefficient (Wildman–Crippen LogP) is 4.17. The molecule has 2 aliphatic rings. The molecule has 1 amide bonds. The second-order valence-electron chi connectivity index (χ2n) is 6.91. The standard InChI is InChI=1S/C19H27ClN2O4/c1-24-17-11-18(25-2)15(10-14(17)20)21-19(23)26-12-13-6-5-9-22-8-4-3-7-16(13)22/h10-11,13,16H,3-9,12H2,1-2H3,(H,21,23). The average Bonchev–Trinajstić information content (AvgIpc) is 2.66. The highest BCUT2D eigenvalue weighted by Gasteiger charge is 2.33. The van der Waals surface area contributed by atoms with Gasteiger partial charge < -0.3 is 14.2 Å². The van der Waals surface area contributed by atoms with Crippen LogP contribution >= 0.6 is 11.6 Å². The molecule has 0 aliphatic carbocycles. The molecule has 0 aromatic heterocycles. The lowest BCUT2D eigenvalue weighted by atomic mass is 9.84. The van der Waals surface area contributed by atoms with Crippen molar-refractivity contribution < 1.29 is 19.0 Å². The summed E-state index contributed by atoms with van der Waals surface area (Å²) in [6.45, 7) is 2.79. The summed E-state index contributed by atoms with van der Waals surface area (Å²) in [7, 11) is 3.06. The van der Waals surface area contributed by atoms with E-state index in [0.717, 1.165) is 6.42 Å². The molecule has 0 spiro atoms. The number of fused-ring (bicyclic) bond motifs is 1. The third-order valence-electron chi connectivity index (χ3n) is 5.37. The lowest BCUT2D eigenvalue weighted by Gasteiger charge is -2.44. The molecule has 0 bridgehead atoms. The van der Waals surface area contributed by atoms with Crippen molar-refractivity contribution in [3.63, 3.8) is 0 Å². The van der Waals surface area contributed by atoms with Gasteiger partial charge in [-0.15, -0.1) is 0 Å². The second kappa shape index (κ2) is 8.82. The Bertz CT molecular complexity index is 638. The summed E-state index contributed by atoms with van der Waals surface area (Å²) in [6, 6.07) is 3.79. The number of hydrogen-bond donors (Lipinski definition) is 1. The molecule has 144 valence electrons. The van der Waals surface area contributed by atoms with Crippen molar-refractivity contribution in [2.24, 2.45) is 5.92 Å². The van der Waals surface area contributed by atoms with Gasteiger partial charge in [-0.25, -0.2) is 4.79 Å². The highest BCUT2D eigenvalue weighted by atomic mass is 35.5. The number of halogens is 1. The van der Waals surface area contributed by atoms with Gasteiger partial charge in [-0.1, -0.05) is 18.0 Å². The first kappa shape index (κ1) is 19.1. The van der Waals surface area contributed by atoms with Crippen molar-refractivity contribution in [3.05, 3.63) is 17.2 Å². The Labute approximate surface area is 159 Å². The van der Waals surface area contributed by atoms with Crippen LogP contribution in [0.25, 0.3) is 0 Å². The highest BCUT2D eigenvalue weighted by Crippen LogP contribution is 2.36. The van der Waals surface area contributed by atoms with Gasteiger partial charge in [0, 0.05) is 18.0 Å². The Morgan fingerprint density at radius 2 is 1.92 bits per heavy atom. The van der Waals surface area contributed by atoms with Crippen LogP contribution in [0.2, 0.25) is 5.02 Å². The number of ether oxygens (including phenoxy) is 3. The largest absolute Gasteiger partial charge is 0.495 e. The molecule has 1 aromatic rings. The third-order valence-corrected chi connectivity index (χ3v) is 5.66. The summed E-state index contributed by atoms with van der Waals surface area (Å²) in [5.74, 6) is 1.37. The van der Waals surface area contributed by atoms with E-state index in [-0.39, 0.29) is 0 Å². The maximum absolute atomic E-state index is 12.3. The van der Waals surface area contributed by atoms with Crippen LogP contribution in [-0.4, -0.2) is 51.0 Å². The molecule has 3 rings (SSSR count). The number of nitrogens with one attached hydrogen (secondary N) is 1. The van der Waals surface area contributed by atoms with Gasteiger partial charge in [0.25, 0.3) is 0 Å². The first-order valence-electron chi connectivity index (χ1n) is 9.21. The Hall–Kier alpha value is -1.66. The molecule has 2 fully saturated rings. The average molecular weight is 383 g/mol. The van der Waals surface area contributed by atoms with E-state index in [2.05, 4.69) is 10.2 Å². The molecule has 7 heteroatoms. The fourth-order valence-corrected chi connectivity index (χ4v) is 4.30. The molecule has 2 aliphatic heterocycles. The van der Waals surface area contributed by atoms with Crippen LogP contribution in [0.4, 0.5) is 10.5 Å². The number of methoxy groups -OCH3 is 2. The topological polar surface area (TPSA) is 60.0 Å². The molecule has 1 aromatic carbocycles. The summed E-state index contributed by atoms with van der Waals surface area (Å²) in [5, 5.41) is 3.12. The molecule has 1 N–H and O–H groups in total. The summed E-state index contributed by atoms with van der Waals surface area (Å²) in [4.78, 5) is 14.8. The zero-order valence-corrected chi connectivity index (χ0v) is 16.2. The highest BCUT2D eigenvalue weighted by molar-refractivity contribution is 6.32. The zero-order valence-electron chi connectivity index (χ0n) is 15.4. The monoisotopic (exact) mass is 382 g/mol. The number of benzene rings is 1. The Balaban J connectivity index is 1.58. The SMILES string of the molecule is COc1cc(OC)c(NC(=O)OCC2CCCN3CCCCC23)cc1Cl. The van der Waals surface area contributed by atoms with E-state index in [1.165, 1.54) is 53.0 Å². The van der Waals surface area contributed by atoms with E-state index in [4.69, 9.17) is 25.8 Å². The number of rotatable bonds is 5. The summed E-state index contributed by atoms with van der Waals surface area (Å²) < 4.78 is 16.0. The number of piperidine rings is 2. The number of amides is 1. The molecular formula is C19H27ClN2O4. The van der Waals surface area contributed by atoms with E-state index >= 15 is 0 Å². The van der Waals surface area contributed by atoms with E-state index in [0.29, 0.717) is 40.8 Å². The molecule has 26 heavy (non-hydrogen) atoms. The summed E-state index contributed by atoms with van der Waals surface area (Å²) in [5.41, 5.74) is 0.464. The normalized spacial score (nSPS) is 23.0. The quantitative estimate of drug-likeness (QED) is 0.828. The van der Waals surface area contributed by atoms with Crippen molar-refractivity contribution in [2.75, 3.05) is 39.2 Å². The van der Waals surface area contributed by atoms with Gasteiger partial charge in [-0.05, 0) is 44.8 Å². The second-order valence-corrected chi connectivity index (χ2v) is 7.32. The number of anilines is 1. The maximum atomic E-state index is 12.3. The van der Waals surface area contributed by atoms with Gasteiger partial charge in [-0.2, -0.15) is 0 Å². The summed E-state index contributed by atoms with van der Waals surface area (Å²) >= 11 is 6.14. The number of carbonyl (C=O) groups excluding carboxylic acids is 1. The lowest BCUT2D eigenvalue weighted by Crippen LogP contribution is -2.49. The number of carbonyl (C=O) groups is 1. The molecule has 0 radical (unpaired) electrons. The van der Waals surface area contributed by atoms with E-state index in [1.54, 1.807) is 12.1 Å².